The zero-order valence-corrected chi connectivity index (χ0v) is 25.0. The Bertz CT molecular complexity index is 1490. The van der Waals surface area contributed by atoms with Crippen molar-refractivity contribution in [1.82, 2.24) is 5.16 Å². The number of ether oxygens (including phenoxy) is 1. The third-order valence-corrected chi connectivity index (χ3v) is 8.78. The maximum atomic E-state index is 12.1. The summed E-state index contributed by atoms with van der Waals surface area (Å²) in [6.45, 7) is 4.12. The highest BCUT2D eigenvalue weighted by molar-refractivity contribution is 6.42. The van der Waals surface area contributed by atoms with Gasteiger partial charge in [-0.15, -0.1) is 0 Å². The van der Waals surface area contributed by atoms with E-state index in [9.17, 15) is 9.90 Å². The minimum absolute atomic E-state index is 0.0698. The van der Waals surface area contributed by atoms with Crippen molar-refractivity contribution in [2.45, 2.75) is 70.3 Å². The molecule has 1 fully saturated rings. The van der Waals surface area contributed by atoms with Crippen molar-refractivity contribution in [3.8, 4) is 22.5 Å². The molecule has 1 unspecified atom stereocenters. The maximum absolute atomic E-state index is 12.1. The molecule has 1 N–H and O–H groups in total. The monoisotopic (exact) mass is 591 g/mol. The Kier molecular flexibility index (Phi) is 9.18. The summed E-state index contributed by atoms with van der Waals surface area (Å²) >= 11 is 12.1. The molecule has 1 aliphatic rings. The molecule has 4 aromatic rings. The number of aliphatic hydroxyl groups excluding tert-OH is 1. The summed E-state index contributed by atoms with van der Waals surface area (Å²) in [5.41, 5.74) is 6.76. The van der Waals surface area contributed by atoms with E-state index in [2.05, 4.69) is 41.6 Å². The second-order valence-electron chi connectivity index (χ2n) is 10.9. The lowest BCUT2D eigenvalue weighted by Gasteiger charge is -2.15. The molecule has 0 spiro atoms. The summed E-state index contributed by atoms with van der Waals surface area (Å²) in [5.74, 6) is 0.483. The first-order valence-corrected chi connectivity index (χ1v) is 15.0. The van der Waals surface area contributed by atoms with Gasteiger partial charge in [0.1, 0.15) is 0 Å². The molecule has 5 nitrogen and oxygen atoms in total. The van der Waals surface area contributed by atoms with E-state index in [1.54, 1.807) is 0 Å². The van der Waals surface area contributed by atoms with Gasteiger partial charge in [-0.2, -0.15) is 0 Å². The molecule has 1 atom stereocenters. The second-order valence-corrected chi connectivity index (χ2v) is 11.8. The van der Waals surface area contributed by atoms with E-state index in [-0.39, 0.29) is 11.4 Å². The Morgan fingerprint density at radius 3 is 2.27 bits per heavy atom. The van der Waals surface area contributed by atoms with E-state index in [1.807, 2.05) is 44.2 Å². The highest BCUT2D eigenvalue weighted by Crippen LogP contribution is 2.51. The maximum Gasteiger partial charge on any atom is 0.306 e. The van der Waals surface area contributed by atoms with Gasteiger partial charge in [-0.25, -0.2) is 0 Å². The topological polar surface area (TPSA) is 72.6 Å². The van der Waals surface area contributed by atoms with Crippen molar-refractivity contribution < 1.29 is 19.2 Å². The third-order valence-electron chi connectivity index (χ3n) is 8.04. The number of hydrogen-bond acceptors (Lipinski definition) is 5. The number of aryl methyl sites for hydroxylation is 2. The van der Waals surface area contributed by atoms with Crippen LogP contribution in [0.2, 0.25) is 10.0 Å². The molecule has 1 heterocycles. The lowest BCUT2D eigenvalue weighted by atomic mass is 9.90. The first-order chi connectivity index (χ1) is 19.8. The van der Waals surface area contributed by atoms with Crippen molar-refractivity contribution in [2.75, 3.05) is 6.61 Å². The summed E-state index contributed by atoms with van der Waals surface area (Å²) in [6.07, 6.45) is 5.06. The van der Waals surface area contributed by atoms with Crippen molar-refractivity contribution in [3.05, 3.63) is 99.2 Å². The molecule has 0 saturated heterocycles. The van der Waals surface area contributed by atoms with Gasteiger partial charge in [0.2, 0.25) is 0 Å². The number of unbranched alkanes of at least 4 members (excludes halogenated alkanes) is 1. The molecular formula is C34H35Cl2NO4. The molecule has 41 heavy (non-hydrogen) atoms. The SMILES string of the molecule is CCOC(=O)CC1(c2ccc(-c3ccc(-c4onc(C)c4C(O)CCCCc4ccc(Cl)c(Cl)c4)cc3)cc2)CC1. The van der Waals surface area contributed by atoms with Crippen LogP contribution in [0.15, 0.2) is 71.3 Å². The minimum Gasteiger partial charge on any atom is -0.466 e. The average molecular weight is 593 g/mol. The Hall–Kier alpha value is -3.12. The first-order valence-electron chi connectivity index (χ1n) is 14.2. The highest BCUT2D eigenvalue weighted by atomic mass is 35.5. The number of carbonyl (C=O) groups excluding carboxylic acids is 1. The molecule has 0 amide bonds. The van der Waals surface area contributed by atoms with Crippen molar-refractivity contribution in [3.63, 3.8) is 0 Å². The smallest absolute Gasteiger partial charge is 0.306 e. The van der Waals surface area contributed by atoms with Crippen LogP contribution in [0.1, 0.15) is 73.9 Å². The van der Waals surface area contributed by atoms with Gasteiger partial charge in [-0.05, 0) is 80.3 Å². The number of carbonyl (C=O) groups is 1. The fourth-order valence-corrected chi connectivity index (χ4v) is 5.84. The fourth-order valence-electron chi connectivity index (χ4n) is 5.52. The lowest BCUT2D eigenvalue weighted by molar-refractivity contribution is -0.143. The minimum atomic E-state index is -0.665. The van der Waals surface area contributed by atoms with Crippen LogP contribution >= 0.6 is 23.2 Å². The second kappa shape index (κ2) is 12.8. The number of aliphatic hydroxyl groups is 1. The van der Waals surface area contributed by atoms with Crippen LogP contribution in [0.3, 0.4) is 0 Å². The standard InChI is InChI=1S/C34H35Cl2NO4/c1-3-40-31(39)21-34(18-19-34)27-15-13-25(14-16-27)24-9-11-26(12-10-24)33-32(22(2)37-41-33)30(38)7-5-4-6-23-8-17-28(35)29(36)20-23/h8-17,20,30,38H,3-7,18-19,21H2,1-2H3. The summed E-state index contributed by atoms with van der Waals surface area (Å²) in [4.78, 5) is 12.1. The predicted molar refractivity (Wildman–Crippen MR) is 163 cm³/mol. The molecule has 3 aromatic carbocycles. The van der Waals surface area contributed by atoms with Gasteiger partial charge in [-0.1, -0.05) is 89.4 Å². The largest absolute Gasteiger partial charge is 0.466 e. The van der Waals surface area contributed by atoms with Crippen LogP contribution < -0.4 is 0 Å². The fraction of sp³-hybridized carbons (Fsp3) is 0.353. The number of aromatic nitrogens is 1. The van der Waals surface area contributed by atoms with Gasteiger partial charge in [0.25, 0.3) is 0 Å². The lowest BCUT2D eigenvalue weighted by Crippen LogP contribution is -2.15. The molecule has 7 heteroatoms. The van der Waals surface area contributed by atoms with E-state index in [4.69, 9.17) is 32.5 Å². The van der Waals surface area contributed by atoms with E-state index in [0.29, 0.717) is 40.9 Å². The van der Waals surface area contributed by atoms with Gasteiger partial charge in [-0.3, -0.25) is 4.79 Å². The molecular weight excluding hydrogens is 557 g/mol. The van der Waals surface area contributed by atoms with E-state index in [1.165, 1.54) is 5.56 Å². The van der Waals surface area contributed by atoms with Crippen LogP contribution in [0.5, 0.6) is 0 Å². The number of hydrogen-bond donors (Lipinski definition) is 1. The first kappa shape index (κ1) is 29.4. The van der Waals surface area contributed by atoms with Crippen LogP contribution in [0, 0.1) is 6.92 Å². The zero-order valence-electron chi connectivity index (χ0n) is 23.5. The number of esters is 1. The van der Waals surface area contributed by atoms with Gasteiger partial charge >= 0.3 is 5.97 Å². The third kappa shape index (κ3) is 6.86. The number of benzene rings is 3. The summed E-state index contributed by atoms with van der Waals surface area (Å²) in [5, 5.41) is 16.3. The average Bonchev–Trinajstić information content (AvgIpc) is 3.65. The van der Waals surface area contributed by atoms with E-state index < -0.39 is 6.10 Å². The van der Waals surface area contributed by atoms with Crippen molar-refractivity contribution in [2.24, 2.45) is 0 Å². The van der Waals surface area contributed by atoms with Crippen molar-refractivity contribution >= 4 is 29.2 Å². The predicted octanol–water partition coefficient (Wildman–Crippen LogP) is 9.06. The molecule has 1 aromatic heterocycles. The number of rotatable bonds is 12. The molecule has 0 aliphatic heterocycles. The molecule has 1 saturated carbocycles. The number of halogens is 2. The summed E-state index contributed by atoms with van der Waals surface area (Å²) in [6, 6.07) is 22.3. The Morgan fingerprint density at radius 1 is 0.976 bits per heavy atom. The Labute approximate surface area is 251 Å². The molecule has 1 aliphatic carbocycles. The zero-order chi connectivity index (χ0) is 29.0. The number of nitrogens with zero attached hydrogens (tertiary/aromatic N) is 1. The van der Waals surface area contributed by atoms with Gasteiger partial charge in [0.15, 0.2) is 5.76 Å². The van der Waals surface area contributed by atoms with Crippen LogP contribution in [0.4, 0.5) is 0 Å². The highest BCUT2D eigenvalue weighted by Gasteiger charge is 2.46. The van der Waals surface area contributed by atoms with E-state index in [0.717, 1.165) is 59.9 Å². The Balaban J connectivity index is 1.21. The Morgan fingerprint density at radius 2 is 1.63 bits per heavy atom. The molecule has 214 valence electrons. The normalized spacial score (nSPS) is 14.6. The van der Waals surface area contributed by atoms with Crippen LogP contribution in [0.25, 0.3) is 22.5 Å². The van der Waals surface area contributed by atoms with Gasteiger partial charge < -0.3 is 14.4 Å². The molecule has 5 rings (SSSR count). The van der Waals surface area contributed by atoms with Crippen LogP contribution in [-0.2, 0) is 21.4 Å². The van der Waals surface area contributed by atoms with E-state index >= 15 is 0 Å². The van der Waals surface area contributed by atoms with Gasteiger partial charge in [0, 0.05) is 11.0 Å². The van der Waals surface area contributed by atoms with Crippen molar-refractivity contribution in [1.29, 1.82) is 0 Å². The summed E-state index contributed by atoms with van der Waals surface area (Å²) < 4.78 is 10.9. The quantitative estimate of drug-likeness (QED) is 0.131. The van der Waals surface area contributed by atoms with Crippen LogP contribution in [-0.4, -0.2) is 22.8 Å². The molecule has 0 bridgehead atoms. The summed E-state index contributed by atoms with van der Waals surface area (Å²) in [7, 11) is 0. The molecule has 0 radical (unpaired) electrons. The van der Waals surface area contributed by atoms with Gasteiger partial charge in [0.05, 0.1) is 40.4 Å².